The Morgan fingerprint density at radius 3 is 2.53 bits per heavy atom. The van der Waals surface area contributed by atoms with Crippen LogP contribution in [0.1, 0.15) is 26.7 Å². The molecule has 0 unspecified atom stereocenters. The number of anilines is 2. The highest BCUT2D eigenvalue weighted by atomic mass is 16.5. The summed E-state index contributed by atoms with van der Waals surface area (Å²) >= 11 is 0. The Hall–Kier alpha value is -1.59. The van der Waals surface area contributed by atoms with E-state index in [0.29, 0.717) is 24.5 Å². The third-order valence-electron chi connectivity index (χ3n) is 2.16. The predicted molar refractivity (Wildman–Crippen MR) is 68.7 cm³/mol. The molecular formula is C11H21N5O. The van der Waals surface area contributed by atoms with Gasteiger partial charge in [0.25, 0.3) is 0 Å². The van der Waals surface area contributed by atoms with E-state index in [-0.39, 0.29) is 0 Å². The van der Waals surface area contributed by atoms with Crippen molar-refractivity contribution in [2.45, 2.75) is 26.7 Å². The first-order valence-electron chi connectivity index (χ1n) is 5.99. The summed E-state index contributed by atoms with van der Waals surface area (Å²) in [5.41, 5.74) is 0. The summed E-state index contributed by atoms with van der Waals surface area (Å²) in [5, 5.41) is 2.91. The monoisotopic (exact) mass is 239 g/mol. The standard InChI is InChI=1S/C11H21N5O/c1-5-7-16(4)10-13-9(12-3)14-11(15-10)17-8-6-2/h5-8H2,1-4H3,(H,12,13,14,15). The molecule has 0 saturated heterocycles. The van der Waals surface area contributed by atoms with Gasteiger partial charge in [0.15, 0.2) is 0 Å². The van der Waals surface area contributed by atoms with Crippen LogP contribution in [0.3, 0.4) is 0 Å². The van der Waals surface area contributed by atoms with Gasteiger partial charge in [0.1, 0.15) is 0 Å². The van der Waals surface area contributed by atoms with E-state index < -0.39 is 0 Å². The molecule has 0 amide bonds. The SMILES string of the molecule is CCCOc1nc(NC)nc(N(C)CCC)n1. The Labute approximate surface area is 102 Å². The molecular weight excluding hydrogens is 218 g/mol. The van der Waals surface area contributed by atoms with Crippen LogP contribution in [0, 0.1) is 0 Å². The quantitative estimate of drug-likeness (QED) is 0.779. The van der Waals surface area contributed by atoms with Crippen LogP contribution in [0.4, 0.5) is 11.9 Å². The van der Waals surface area contributed by atoms with Crippen LogP contribution in [0.5, 0.6) is 6.01 Å². The lowest BCUT2D eigenvalue weighted by molar-refractivity contribution is 0.292. The molecule has 1 aromatic heterocycles. The molecule has 0 atom stereocenters. The largest absolute Gasteiger partial charge is 0.463 e. The van der Waals surface area contributed by atoms with Crippen molar-refractivity contribution in [2.75, 3.05) is 37.5 Å². The zero-order valence-corrected chi connectivity index (χ0v) is 11.0. The van der Waals surface area contributed by atoms with Gasteiger partial charge in [-0.15, -0.1) is 0 Å². The van der Waals surface area contributed by atoms with E-state index in [0.717, 1.165) is 19.4 Å². The first-order chi connectivity index (χ1) is 8.21. The molecule has 0 fully saturated rings. The maximum absolute atomic E-state index is 5.44. The summed E-state index contributed by atoms with van der Waals surface area (Å²) in [6, 6.07) is 0.379. The Morgan fingerprint density at radius 1 is 1.18 bits per heavy atom. The van der Waals surface area contributed by atoms with Gasteiger partial charge in [-0.2, -0.15) is 15.0 Å². The summed E-state index contributed by atoms with van der Waals surface area (Å²) in [6.45, 7) is 5.68. The van der Waals surface area contributed by atoms with E-state index in [1.165, 1.54) is 0 Å². The molecule has 0 aromatic carbocycles. The zero-order chi connectivity index (χ0) is 12.7. The average molecular weight is 239 g/mol. The van der Waals surface area contributed by atoms with Crippen LogP contribution in [0.25, 0.3) is 0 Å². The maximum Gasteiger partial charge on any atom is 0.323 e. The second kappa shape index (κ2) is 6.88. The van der Waals surface area contributed by atoms with Crippen molar-refractivity contribution in [3.05, 3.63) is 0 Å². The fourth-order valence-corrected chi connectivity index (χ4v) is 1.32. The summed E-state index contributed by atoms with van der Waals surface area (Å²) < 4.78 is 5.44. The number of nitrogens with zero attached hydrogens (tertiary/aromatic N) is 4. The fraction of sp³-hybridized carbons (Fsp3) is 0.727. The Morgan fingerprint density at radius 2 is 1.94 bits per heavy atom. The van der Waals surface area contributed by atoms with Gasteiger partial charge in [-0.25, -0.2) is 0 Å². The van der Waals surface area contributed by atoms with Crippen molar-refractivity contribution in [1.29, 1.82) is 0 Å². The van der Waals surface area contributed by atoms with Gasteiger partial charge in [-0.05, 0) is 12.8 Å². The van der Waals surface area contributed by atoms with E-state index in [9.17, 15) is 0 Å². The van der Waals surface area contributed by atoms with E-state index in [1.807, 2.05) is 18.9 Å². The lowest BCUT2D eigenvalue weighted by Gasteiger charge is -2.16. The number of ether oxygens (including phenoxy) is 1. The van der Waals surface area contributed by atoms with Crippen molar-refractivity contribution in [3.8, 4) is 6.01 Å². The molecule has 0 aliphatic heterocycles. The molecule has 0 saturated carbocycles. The molecule has 17 heavy (non-hydrogen) atoms. The number of aromatic nitrogens is 3. The summed E-state index contributed by atoms with van der Waals surface area (Å²) in [6.07, 6.45) is 1.98. The van der Waals surface area contributed by atoms with Crippen molar-refractivity contribution >= 4 is 11.9 Å². The summed E-state index contributed by atoms with van der Waals surface area (Å²) in [4.78, 5) is 14.7. The first kappa shape index (κ1) is 13.5. The Kier molecular flexibility index (Phi) is 5.45. The summed E-state index contributed by atoms with van der Waals surface area (Å²) in [5.74, 6) is 1.17. The zero-order valence-electron chi connectivity index (χ0n) is 11.0. The number of hydrogen-bond acceptors (Lipinski definition) is 6. The smallest absolute Gasteiger partial charge is 0.323 e. The topological polar surface area (TPSA) is 63.2 Å². The van der Waals surface area contributed by atoms with Gasteiger partial charge in [0, 0.05) is 20.6 Å². The average Bonchev–Trinajstić information content (AvgIpc) is 2.36. The molecule has 0 spiro atoms. The van der Waals surface area contributed by atoms with Crippen LogP contribution in [0.2, 0.25) is 0 Å². The van der Waals surface area contributed by atoms with Gasteiger partial charge >= 0.3 is 6.01 Å². The first-order valence-corrected chi connectivity index (χ1v) is 5.99. The highest BCUT2D eigenvalue weighted by Gasteiger charge is 2.09. The number of nitrogens with one attached hydrogen (secondary N) is 1. The van der Waals surface area contributed by atoms with Crippen LogP contribution in [0.15, 0.2) is 0 Å². The van der Waals surface area contributed by atoms with E-state index in [2.05, 4.69) is 27.2 Å². The van der Waals surface area contributed by atoms with Crippen molar-refractivity contribution < 1.29 is 4.74 Å². The highest BCUT2D eigenvalue weighted by Crippen LogP contribution is 2.13. The molecule has 1 N–H and O–H groups in total. The minimum Gasteiger partial charge on any atom is -0.463 e. The lowest BCUT2D eigenvalue weighted by Crippen LogP contribution is -2.21. The van der Waals surface area contributed by atoms with E-state index in [4.69, 9.17) is 4.74 Å². The molecule has 1 aromatic rings. The highest BCUT2D eigenvalue weighted by molar-refractivity contribution is 5.37. The Bertz CT molecular complexity index is 345. The maximum atomic E-state index is 5.44. The van der Waals surface area contributed by atoms with Crippen molar-refractivity contribution in [1.82, 2.24) is 15.0 Å². The fourth-order valence-electron chi connectivity index (χ4n) is 1.32. The van der Waals surface area contributed by atoms with Crippen LogP contribution < -0.4 is 15.0 Å². The molecule has 6 heteroatoms. The summed E-state index contributed by atoms with van der Waals surface area (Å²) in [7, 11) is 3.74. The van der Waals surface area contributed by atoms with E-state index in [1.54, 1.807) is 7.05 Å². The second-order valence-corrected chi connectivity index (χ2v) is 3.76. The minimum atomic E-state index is 0.379. The third kappa shape index (κ3) is 4.05. The molecule has 1 rings (SSSR count). The van der Waals surface area contributed by atoms with E-state index >= 15 is 0 Å². The Balaban J connectivity index is 2.88. The van der Waals surface area contributed by atoms with Gasteiger partial charge in [0.2, 0.25) is 11.9 Å². The van der Waals surface area contributed by atoms with Gasteiger partial charge in [-0.3, -0.25) is 0 Å². The number of rotatable bonds is 7. The molecule has 0 aliphatic rings. The van der Waals surface area contributed by atoms with Gasteiger partial charge in [-0.1, -0.05) is 13.8 Å². The molecule has 0 bridgehead atoms. The van der Waals surface area contributed by atoms with Crippen LogP contribution in [-0.2, 0) is 0 Å². The normalized spacial score (nSPS) is 10.1. The van der Waals surface area contributed by atoms with Gasteiger partial charge < -0.3 is 15.0 Å². The van der Waals surface area contributed by atoms with Crippen LogP contribution >= 0.6 is 0 Å². The molecule has 0 radical (unpaired) electrons. The van der Waals surface area contributed by atoms with Crippen LogP contribution in [-0.4, -0.2) is 42.2 Å². The van der Waals surface area contributed by atoms with Gasteiger partial charge in [0.05, 0.1) is 6.61 Å². The predicted octanol–water partition coefficient (Wildman–Crippen LogP) is 1.55. The molecule has 96 valence electrons. The second-order valence-electron chi connectivity index (χ2n) is 3.76. The lowest BCUT2D eigenvalue weighted by atomic mass is 10.4. The third-order valence-corrected chi connectivity index (χ3v) is 2.16. The minimum absolute atomic E-state index is 0.379. The number of hydrogen-bond donors (Lipinski definition) is 1. The van der Waals surface area contributed by atoms with Crippen molar-refractivity contribution in [2.24, 2.45) is 0 Å². The molecule has 0 aliphatic carbocycles. The molecule has 1 heterocycles. The molecule has 6 nitrogen and oxygen atoms in total. The van der Waals surface area contributed by atoms with Crippen molar-refractivity contribution in [3.63, 3.8) is 0 Å².